The van der Waals surface area contributed by atoms with Crippen molar-refractivity contribution in [3.8, 4) is 5.75 Å². The van der Waals surface area contributed by atoms with E-state index in [0.717, 1.165) is 16.9 Å². The summed E-state index contributed by atoms with van der Waals surface area (Å²) in [5, 5.41) is 9.58. The van der Waals surface area contributed by atoms with Gasteiger partial charge >= 0.3 is 5.97 Å². The van der Waals surface area contributed by atoms with Gasteiger partial charge in [0.05, 0.1) is 13.2 Å². The molecule has 1 fully saturated rings. The molecule has 1 aromatic rings. The topological polar surface area (TPSA) is 76.1 Å². The second-order valence-corrected chi connectivity index (χ2v) is 5.94. The molecule has 0 aromatic heterocycles. The van der Waals surface area contributed by atoms with E-state index in [1.165, 1.54) is 11.0 Å². The number of amides is 1. The van der Waals surface area contributed by atoms with Crippen molar-refractivity contribution < 1.29 is 24.2 Å². The lowest BCUT2D eigenvalue weighted by atomic mass is 10.1. The molecule has 1 aromatic carbocycles. The normalized spacial score (nSPS) is 20.3. The number of nitrogens with zero attached hydrogens (tertiary/aromatic N) is 1. The lowest BCUT2D eigenvalue weighted by Gasteiger charge is -2.30. The summed E-state index contributed by atoms with van der Waals surface area (Å²) in [6.45, 7) is 1.00. The zero-order chi connectivity index (χ0) is 17.1. The minimum absolute atomic E-state index is 0.0481. The number of benzene rings is 1. The van der Waals surface area contributed by atoms with Gasteiger partial charge in [0.15, 0.2) is 6.10 Å². The molecule has 24 heavy (non-hydrogen) atoms. The third-order valence-corrected chi connectivity index (χ3v) is 4.04. The summed E-state index contributed by atoms with van der Waals surface area (Å²) in [6.07, 6.45) is 4.04. The van der Waals surface area contributed by atoms with Crippen LogP contribution in [0.4, 0.5) is 0 Å². The maximum atomic E-state index is 12.2. The monoisotopic (exact) mass is 349 g/mol. The van der Waals surface area contributed by atoms with Gasteiger partial charge in [-0.2, -0.15) is 0 Å². The maximum Gasteiger partial charge on any atom is 0.334 e. The van der Waals surface area contributed by atoms with Crippen molar-refractivity contribution in [1.82, 2.24) is 4.90 Å². The Kier molecular flexibility index (Phi) is 4.87. The first kappa shape index (κ1) is 16.5. The van der Waals surface area contributed by atoms with Gasteiger partial charge in [0.2, 0.25) is 5.91 Å². The van der Waals surface area contributed by atoms with E-state index in [4.69, 9.17) is 26.2 Å². The molecule has 0 spiro atoms. The number of fused-ring (bicyclic) bond motifs is 1. The molecule has 0 aliphatic carbocycles. The van der Waals surface area contributed by atoms with Crippen LogP contribution in [0.5, 0.6) is 5.75 Å². The number of carboxylic acids is 1. The Hall–Kier alpha value is -2.31. The van der Waals surface area contributed by atoms with Crippen molar-refractivity contribution in [3.05, 3.63) is 46.5 Å². The van der Waals surface area contributed by atoms with Crippen LogP contribution in [0.15, 0.2) is 35.9 Å². The summed E-state index contributed by atoms with van der Waals surface area (Å²) < 4.78 is 10.7. The highest BCUT2D eigenvalue weighted by atomic mass is 35.5. The number of morpholine rings is 1. The molecule has 2 aliphatic heterocycles. The fourth-order valence-corrected chi connectivity index (χ4v) is 2.73. The number of halogens is 1. The average molecular weight is 350 g/mol. The van der Waals surface area contributed by atoms with Gasteiger partial charge in [0, 0.05) is 23.2 Å². The predicted octanol–water partition coefficient (Wildman–Crippen LogP) is 1.98. The fourth-order valence-electron chi connectivity index (χ4n) is 2.54. The van der Waals surface area contributed by atoms with Gasteiger partial charge in [0.25, 0.3) is 0 Å². The Morgan fingerprint density at radius 3 is 3.00 bits per heavy atom. The number of hydrogen-bond acceptors (Lipinski definition) is 4. The van der Waals surface area contributed by atoms with Crippen molar-refractivity contribution in [2.45, 2.75) is 6.10 Å². The summed E-state index contributed by atoms with van der Waals surface area (Å²) >= 11 is 5.97. The third-order valence-electron chi connectivity index (χ3n) is 3.80. The third kappa shape index (κ3) is 3.77. The molecular weight excluding hydrogens is 334 g/mol. The highest BCUT2D eigenvalue weighted by molar-refractivity contribution is 6.30. The number of rotatable bonds is 3. The van der Waals surface area contributed by atoms with E-state index in [2.05, 4.69) is 0 Å². The van der Waals surface area contributed by atoms with Gasteiger partial charge in [-0.3, -0.25) is 4.79 Å². The minimum Gasteiger partial charge on any atom is -0.488 e. The number of carboxylic acid groups (broad SMARTS) is 1. The number of ether oxygens (including phenoxy) is 2. The van der Waals surface area contributed by atoms with Gasteiger partial charge in [0.1, 0.15) is 12.4 Å². The molecule has 2 heterocycles. The maximum absolute atomic E-state index is 12.2. The predicted molar refractivity (Wildman–Crippen MR) is 88.0 cm³/mol. The van der Waals surface area contributed by atoms with Crippen molar-refractivity contribution in [2.24, 2.45) is 0 Å². The number of hydrogen-bond donors (Lipinski definition) is 1. The summed E-state index contributed by atoms with van der Waals surface area (Å²) in [6, 6.07) is 5.36. The van der Waals surface area contributed by atoms with Crippen LogP contribution in [-0.2, 0) is 14.3 Å². The molecule has 2 aliphatic rings. The van der Waals surface area contributed by atoms with E-state index in [1.807, 2.05) is 6.08 Å². The van der Waals surface area contributed by atoms with Crippen LogP contribution >= 0.6 is 11.6 Å². The van der Waals surface area contributed by atoms with E-state index in [0.29, 0.717) is 18.2 Å². The molecule has 0 saturated carbocycles. The largest absolute Gasteiger partial charge is 0.488 e. The molecule has 3 rings (SSSR count). The first-order valence-corrected chi connectivity index (χ1v) is 7.85. The highest BCUT2D eigenvalue weighted by Gasteiger charge is 2.28. The molecule has 7 heteroatoms. The molecule has 0 radical (unpaired) electrons. The smallest absolute Gasteiger partial charge is 0.334 e. The van der Waals surface area contributed by atoms with Crippen LogP contribution in [0, 0.1) is 0 Å². The average Bonchev–Trinajstić information content (AvgIpc) is 2.59. The quantitative estimate of drug-likeness (QED) is 0.844. The number of carbonyl (C=O) groups excluding carboxylic acids is 1. The first-order valence-electron chi connectivity index (χ1n) is 7.47. The van der Waals surface area contributed by atoms with Gasteiger partial charge in [-0.25, -0.2) is 4.79 Å². The Morgan fingerprint density at radius 1 is 1.38 bits per heavy atom. The zero-order valence-corrected chi connectivity index (χ0v) is 13.5. The van der Waals surface area contributed by atoms with E-state index in [1.54, 1.807) is 24.3 Å². The Bertz CT molecular complexity index is 728. The van der Waals surface area contributed by atoms with Crippen molar-refractivity contribution in [1.29, 1.82) is 0 Å². The van der Waals surface area contributed by atoms with Crippen LogP contribution < -0.4 is 4.74 Å². The van der Waals surface area contributed by atoms with Gasteiger partial charge in [-0.1, -0.05) is 17.7 Å². The number of aliphatic carboxylic acids is 1. The van der Waals surface area contributed by atoms with E-state index >= 15 is 0 Å². The van der Waals surface area contributed by atoms with Crippen LogP contribution in [0.2, 0.25) is 5.02 Å². The van der Waals surface area contributed by atoms with Gasteiger partial charge < -0.3 is 19.5 Å². The molecule has 0 bridgehead atoms. The molecule has 1 N–H and O–H groups in total. The fraction of sp³-hybridized carbons (Fsp3) is 0.294. The molecule has 6 nitrogen and oxygen atoms in total. The number of carbonyl (C=O) groups is 2. The molecule has 1 atom stereocenters. The van der Waals surface area contributed by atoms with Crippen molar-refractivity contribution in [3.63, 3.8) is 0 Å². The minimum atomic E-state index is -1.06. The summed E-state index contributed by atoms with van der Waals surface area (Å²) in [4.78, 5) is 24.6. The van der Waals surface area contributed by atoms with Gasteiger partial charge in [-0.05, 0) is 29.8 Å². The SMILES string of the molecule is O=C(O)C1CN(C(=O)/C=C/C2=Cc3cc(Cl)ccc3OC2)CCO1. The van der Waals surface area contributed by atoms with Crippen LogP contribution in [0.3, 0.4) is 0 Å². The zero-order valence-electron chi connectivity index (χ0n) is 12.8. The Balaban J connectivity index is 1.67. The lowest BCUT2D eigenvalue weighted by Crippen LogP contribution is -2.48. The molecule has 1 saturated heterocycles. The van der Waals surface area contributed by atoms with Crippen LogP contribution in [-0.4, -0.2) is 54.3 Å². The molecule has 1 amide bonds. The van der Waals surface area contributed by atoms with E-state index < -0.39 is 12.1 Å². The summed E-state index contributed by atoms with van der Waals surface area (Å²) in [7, 11) is 0. The summed E-state index contributed by atoms with van der Waals surface area (Å²) in [5.74, 6) is -0.559. The van der Waals surface area contributed by atoms with E-state index in [9.17, 15) is 9.59 Å². The van der Waals surface area contributed by atoms with E-state index in [-0.39, 0.29) is 19.1 Å². The van der Waals surface area contributed by atoms with Crippen LogP contribution in [0.1, 0.15) is 5.56 Å². The Labute approximate surface area is 143 Å². The first-order chi connectivity index (χ1) is 11.5. The van der Waals surface area contributed by atoms with Crippen LogP contribution in [0.25, 0.3) is 6.08 Å². The standard InChI is InChI=1S/C17H16ClNO5/c18-13-2-3-14-12(8-13)7-11(10-24-14)1-4-16(20)19-5-6-23-15(9-19)17(21)22/h1-4,7-8,15H,5-6,9-10H2,(H,21,22)/b4-1+. The Morgan fingerprint density at radius 2 is 2.21 bits per heavy atom. The summed E-state index contributed by atoms with van der Waals surface area (Å²) in [5.41, 5.74) is 1.69. The second kappa shape index (κ2) is 7.07. The van der Waals surface area contributed by atoms with Gasteiger partial charge in [-0.15, -0.1) is 0 Å². The lowest BCUT2D eigenvalue weighted by molar-refractivity contribution is -0.158. The van der Waals surface area contributed by atoms with Crippen molar-refractivity contribution >= 4 is 29.6 Å². The highest BCUT2D eigenvalue weighted by Crippen LogP contribution is 2.29. The van der Waals surface area contributed by atoms with Crippen molar-refractivity contribution in [2.75, 3.05) is 26.3 Å². The second-order valence-electron chi connectivity index (χ2n) is 5.51. The molecule has 126 valence electrons. The molecular formula is C17H16ClNO5. The molecule has 1 unspecified atom stereocenters.